The first-order valence-electron chi connectivity index (χ1n) is 6.56. The lowest BCUT2D eigenvalue weighted by atomic mass is 10.2. The third-order valence-corrected chi connectivity index (χ3v) is 2.92. The molecule has 0 spiro atoms. The van der Waals surface area contributed by atoms with Gasteiger partial charge in [-0.3, -0.25) is 14.9 Å². The summed E-state index contributed by atoms with van der Waals surface area (Å²) in [5, 5.41) is 13.4. The second-order valence-corrected chi connectivity index (χ2v) is 4.75. The second kappa shape index (κ2) is 6.69. The molecule has 0 fully saturated rings. The Labute approximate surface area is 132 Å². The Balaban J connectivity index is 2.30. The number of anilines is 2. The molecule has 0 saturated carbocycles. The predicted molar refractivity (Wildman–Crippen MR) is 84.0 cm³/mol. The van der Waals surface area contributed by atoms with E-state index in [0.29, 0.717) is 11.5 Å². The number of amides is 1. The molecule has 23 heavy (non-hydrogen) atoms. The Morgan fingerprint density at radius 2 is 2.13 bits per heavy atom. The highest BCUT2D eigenvalue weighted by Crippen LogP contribution is 2.24. The van der Waals surface area contributed by atoms with E-state index < -0.39 is 10.8 Å². The number of hydrogen-bond donors (Lipinski definition) is 1. The van der Waals surface area contributed by atoms with Gasteiger partial charge >= 0.3 is 6.01 Å². The third-order valence-electron chi connectivity index (χ3n) is 2.92. The van der Waals surface area contributed by atoms with Gasteiger partial charge in [-0.05, 0) is 6.07 Å². The van der Waals surface area contributed by atoms with Gasteiger partial charge in [0.2, 0.25) is 0 Å². The predicted octanol–water partition coefficient (Wildman–Crippen LogP) is 1.71. The van der Waals surface area contributed by atoms with Gasteiger partial charge in [0.25, 0.3) is 11.6 Å². The van der Waals surface area contributed by atoms with Gasteiger partial charge < -0.3 is 15.0 Å². The summed E-state index contributed by atoms with van der Waals surface area (Å²) in [7, 11) is 4.95. The van der Waals surface area contributed by atoms with E-state index in [1.54, 1.807) is 19.0 Å². The molecule has 0 radical (unpaired) electrons. The highest BCUT2D eigenvalue weighted by molar-refractivity contribution is 6.05. The smallest absolute Gasteiger partial charge is 0.318 e. The molecule has 0 saturated heterocycles. The molecule has 1 aromatic carbocycles. The van der Waals surface area contributed by atoms with E-state index in [1.165, 1.54) is 37.6 Å². The van der Waals surface area contributed by atoms with Crippen molar-refractivity contribution in [1.29, 1.82) is 0 Å². The molecule has 0 atom stereocenters. The van der Waals surface area contributed by atoms with Crippen LogP contribution in [0.4, 0.5) is 17.2 Å². The van der Waals surface area contributed by atoms with Crippen molar-refractivity contribution >= 4 is 23.1 Å². The average Bonchev–Trinajstić information content (AvgIpc) is 2.55. The van der Waals surface area contributed by atoms with E-state index in [2.05, 4.69) is 15.3 Å². The van der Waals surface area contributed by atoms with Crippen molar-refractivity contribution < 1.29 is 14.5 Å². The summed E-state index contributed by atoms with van der Waals surface area (Å²) in [5.74, 6) is -0.0406. The first-order chi connectivity index (χ1) is 10.9. The Hall–Kier alpha value is -3.23. The minimum Gasteiger partial charge on any atom is -0.467 e. The molecule has 1 amide bonds. The van der Waals surface area contributed by atoms with Crippen molar-refractivity contribution in [3.8, 4) is 6.01 Å². The number of nitrogens with one attached hydrogen (secondary N) is 1. The highest BCUT2D eigenvalue weighted by Gasteiger charge is 2.15. The maximum Gasteiger partial charge on any atom is 0.318 e. The molecule has 1 aromatic heterocycles. The molecule has 0 aliphatic rings. The minimum absolute atomic E-state index is 0.156. The standard InChI is InChI=1S/C14H15N5O4/c1-18(2)12-11(8-15-14(17-12)23-3)16-13(20)9-5-4-6-10(7-9)19(21)22/h4-8H,1-3H3,(H,16,20). The van der Waals surface area contributed by atoms with Crippen LogP contribution in [0.5, 0.6) is 6.01 Å². The first-order valence-corrected chi connectivity index (χ1v) is 6.56. The van der Waals surface area contributed by atoms with E-state index in [-0.39, 0.29) is 17.3 Å². The number of methoxy groups -OCH3 is 1. The van der Waals surface area contributed by atoms with Crippen LogP contribution in [0.1, 0.15) is 10.4 Å². The van der Waals surface area contributed by atoms with E-state index in [0.717, 1.165) is 0 Å². The lowest BCUT2D eigenvalue weighted by Gasteiger charge is -2.16. The van der Waals surface area contributed by atoms with Crippen molar-refractivity contribution in [3.05, 3.63) is 46.1 Å². The maximum atomic E-state index is 12.3. The zero-order valence-corrected chi connectivity index (χ0v) is 12.8. The molecule has 9 heteroatoms. The molecule has 2 rings (SSSR count). The van der Waals surface area contributed by atoms with Crippen LogP contribution >= 0.6 is 0 Å². The topological polar surface area (TPSA) is 110 Å². The monoisotopic (exact) mass is 317 g/mol. The summed E-state index contributed by atoms with van der Waals surface area (Å²) in [5.41, 5.74) is 0.378. The zero-order valence-electron chi connectivity index (χ0n) is 12.8. The van der Waals surface area contributed by atoms with Gasteiger partial charge in [-0.15, -0.1) is 0 Å². The number of nitro groups is 1. The van der Waals surface area contributed by atoms with Gasteiger partial charge in [0, 0.05) is 31.8 Å². The van der Waals surface area contributed by atoms with E-state index in [9.17, 15) is 14.9 Å². The molecule has 120 valence electrons. The van der Waals surface area contributed by atoms with Crippen LogP contribution in [0.25, 0.3) is 0 Å². The maximum absolute atomic E-state index is 12.3. The lowest BCUT2D eigenvalue weighted by Crippen LogP contribution is -2.18. The fourth-order valence-electron chi connectivity index (χ4n) is 1.84. The number of carbonyl (C=O) groups is 1. The van der Waals surface area contributed by atoms with Crippen LogP contribution in [0.15, 0.2) is 30.5 Å². The Bertz CT molecular complexity index is 748. The number of benzene rings is 1. The summed E-state index contributed by atoms with van der Waals surface area (Å²) >= 11 is 0. The van der Waals surface area contributed by atoms with E-state index >= 15 is 0 Å². The van der Waals surface area contributed by atoms with Crippen LogP contribution in [0.2, 0.25) is 0 Å². The zero-order chi connectivity index (χ0) is 17.0. The van der Waals surface area contributed by atoms with Crippen molar-refractivity contribution in [2.75, 3.05) is 31.4 Å². The van der Waals surface area contributed by atoms with Gasteiger partial charge in [-0.25, -0.2) is 4.98 Å². The van der Waals surface area contributed by atoms with Crippen molar-refractivity contribution in [1.82, 2.24) is 9.97 Å². The van der Waals surface area contributed by atoms with Crippen molar-refractivity contribution in [2.45, 2.75) is 0 Å². The molecular weight excluding hydrogens is 302 g/mol. The molecule has 1 heterocycles. The molecule has 0 bridgehead atoms. The van der Waals surface area contributed by atoms with E-state index in [1.807, 2.05) is 0 Å². The number of non-ortho nitro benzene ring substituents is 1. The lowest BCUT2D eigenvalue weighted by molar-refractivity contribution is -0.384. The van der Waals surface area contributed by atoms with Gasteiger partial charge in [0.15, 0.2) is 5.82 Å². The summed E-state index contributed by atoms with van der Waals surface area (Å²) in [6.07, 6.45) is 1.41. The quantitative estimate of drug-likeness (QED) is 0.660. The number of nitro benzene ring substituents is 1. The number of carbonyl (C=O) groups excluding carboxylic acids is 1. The van der Waals surface area contributed by atoms with Crippen molar-refractivity contribution in [3.63, 3.8) is 0 Å². The number of hydrogen-bond acceptors (Lipinski definition) is 7. The molecule has 1 N–H and O–H groups in total. The Morgan fingerprint density at radius 3 is 2.74 bits per heavy atom. The molecule has 0 aliphatic carbocycles. The number of aromatic nitrogens is 2. The normalized spacial score (nSPS) is 10.0. The average molecular weight is 317 g/mol. The summed E-state index contributed by atoms with van der Waals surface area (Å²) in [4.78, 5) is 32.3. The largest absolute Gasteiger partial charge is 0.467 e. The first kappa shape index (κ1) is 16.1. The number of nitrogens with zero attached hydrogens (tertiary/aromatic N) is 4. The SMILES string of the molecule is COc1ncc(NC(=O)c2cccc([N+](=O)[O-])c2)c(N(C)C)n1. The van der Waals surface area contributed by atoms with Crippen molar-refractivity contribution in [2.24, 2.45) is 0 Å². The molecule has 9 nitrogen and oxygen atoms in total. The van der Waals surface area contributed by atoms with E-state index in [4.69, 9.17) is 4.74 Å². The van der Waals surface area contributed by atoms with Gasteiger partial charge in [0.05, 0.1) is 18.2 Å². The van der Waals surface area contributed by atoms with Crippen LogP contribution in [0, 0.1) is 10.1 Å². The van der Waals surface area contributed by atoms with Gasteiger partial charge in [-0.1, -0.05) is 6.07 Å². The number of rotatable bonds is 5. The third kappa shape index (κ3) is 3.70. The second-order valence-electron chi connectivity index (χ2n) is 4.75. The molecule has 0 unspecified atom stereocenters. The molecule has 0 aliphatic heterocycles. The Kier molecular flexibility index (Phi) is 4.69. The number of ether oxygens (including phenoxy) is 1. The van der Waals surface area contributed by atoms with Crippen LogP contribution < -0.4 is 15.0 Å². The Morgan fingerprint density at radius 1 is 1.39 bits per heavy atom. The summed E-state index contributed by atoms with van der Waals surface area (Å²) < 4.78 is 4.96. The highest BCUT2D eigenvalue weighted by atomic mass is 16.6. The minimum atomic E-state index is -0.557. The molecule has 2 aromatic rings. The summed E-state index contributed by atoms with van der Waals surface area (Å²) in [6, 6.07) is 5.63. The van der Waals surface area contributed by atoms with Crippen LogP contribution in [-0.4, -0.2) is 42.0 Å². The fraction of sp³-hybridized carbons (Fsp3) is 0.214. The molecular formula is C14H15N5O4. The summed E-state index contributed by atoms with van der Waals surface area (Å²) in [6.45, 7) is 0. The van der Waals surface area contributed by atoms with Crippen LogP contribution in [0.3, 0.4) is 0 Å². The van der Waals surface area contributed by atoms with Gasteiger partial charge in [0.1, 0.15) is 5.69 Å². The van der Waals surface area contributed by atoms with Gasteiger partial charge in [-0.2, -0.15) is 4.98 Å². The fourth-order valence-corrected chi connectivity index (χ4v) is 1.84. The van der Waals surface area contributed by atoms with Crippen LogP contribution in [-0.2, 0) is 0 Å².